The van der Waals surface area contributed by atoms with Crippen molar-refractivity contribution in [3.05, 3.63) is 35.4 Å². The Labute approximate surface area is 104 Å². The predicted molar refractivity (Wildman–Crippen MR) is 62.8 cm³/mol. The van der Waals surface area contributed by atoms with E-state index in [-0.39, 0.29) is 18.6 Å². The average molecular weight is 257 g/mol. The van der Waals surface area contributed by atoms with Gasteiger partial charge in [0, 0.05) is 36.7 Å². The quantitative estimate of drug-likeness (QED) is 0.759. The maximum absolute atomic E-state index is 13.4. The summed E-state index contributed by atoms with van der Waals surface area (Å²) in [5.41, 5.74) is 0.401. The molecule has 3 N–H and O–H groups in total. The average Bonchev–Trinajstić information content (AvgIpc) is 2.69. The number of halogens is 2. The minimum atomic E-state index is -0.590. The Morgan fingerprint density at radius 2 is 2.06 bits per heavy atom. The second-order valence-electron chi connectivity index (χ2n) is 4.79. The zero-order valence-corrected chi connectivity index (χ0v) is 9.94. The summed E-state index contributed by atoms with van der Waals surface area (Å²) < 4.78 is 26.1. The van der Waals surface area contributed by atoms with E-state index in [0.29, 0.717) is 24.9 Å². The minimum Gasteiger partial charge on any atom is -0.396 e. The molecule has 1 saturated carbocycles. The zero-order chi connectivity index (χ0) is 13.1. The van der Waals surface area contributed by atoms with E-state index < -0.39 is 17.7 Å². The number of aliphatic hydroxyl groups excluding tert-OH is 2. The Bertz CT molecular complexity index is 414. The van der Waals surface area contributed by atoms with Gasteiger partial charge in [-0.1, -0.05) is 6.07 Å². The number of benzene rings is 1. The van der Waals surface area contributed by atoms with Gasteiger partial charge in [-0.05, 0) is 18.9 Å². The minimum absolute atomic E-state index is 0.0374. The molecular formula is C13H17F2NO2. The zero-order valence-electron chi connectivity index (χ0n) is 9.94. The van der Waals surface area contributed by atoms with E-state index in [0.717, 1.165) is 6.07 Å². The largest absolute Gasteiger partial charge is 0.396 e. The molecule has 0 amide bonds. The highest BCUT2D eigenvalue weighted by atomic mass is 19.1. The molecule has 3 nitrogen and oxygen atoms in total. The van der Waals surface area contributed by atoms with Gasteiger partial charge in [0.1, 0.15) is 11.6 Å². The SMILES string of the molecule is OC[C@@H]1C[C@@H](NCc2ccc(F)cc2F)C[C@H]1O. The van der Waals surface area contributed by atoms with Crippen molar-refractivity contribution in [2.24, 2.45) is 5.92 Å². The van der Waals surface area contributed by atoms with Gasteiger partial charge < -0.3 is 15.5 Å². The number of aliphatic hydroxyl groups is 2. The fourth-order valence-electron chi connectivity index (χ4n) is 2.38. The van der Waals surface area contributed by atoms with Crippen LogP contribution in [0.25, 0.3) is 0 Å². The predicted octanol–water partition coefficient (Wildman–Crippen LogP) is 1.19. The molecule has 0 heterocycles. The van der Waals surface area contributed by atoms with Crippen LogP contribution in [0.1, 0.15) is 18.4 Å². The van der Waals surface area contributed by atoms with Gasteiger partial charge in [-0.25, -0.2) is 8.78 Å². The van der Waals surface area contributed by atoms with E-state index in [9.17, 15) is 13.9 Å². The lowest BCUT2D eigenvalue weighted by Gasteiger charge is -2.12. The van der Waals surface area contributed by atoms with Gasteiger partial charge in [-0.3, -0.25) is 0 Å². The molecule has 18 heavy (non-hydrogen) atoms. The highest BCUT2D eigenvalue weighted by Gasteiger charge is 2.31. The molecule has 5 heteroatoms. The van der Waals surface area contributed by atoms with Crippen LogP contribution >= 0.6 is 0 Å². The van der Waals surface area contributed by atoms with Gasteiger partial charge in [0.05, 0.1) is 6.10 Å². The summed E-state index contributed by atoms with van der Waals surface area (Å²) in [5, 5.41) is 21.8. The maximum atomic E-state index is 13.4. The van der Waals surface area contributed by atoms with Crippen molar-refractivity contribution in [2.75, 3.05) is 6.61 Å². The van der Waals surface area contributed by atoms with Crippen LogP contribution in [0.4, 0.5) is 8.78 Å². The van der Waals surface area contributed by atoms with Gasteiger partial charge in [-0.15, -0.1) is 0 Å². The highest BCUT2D eigenvalue weighted by molar-refractivity contribution is 5.18. The van der Waals surface area contributed by atoms with Gasteiger partial charge >= 0.3 is 0 Å². The highest BCUT2D eigenvalue weighted by Crippen LogP contribution is 2.26. The Balaban J connectivity index is 1.89. The van der Waals surface area contributed by atoms with Crippen LogP contribution in [0.5, 0.6) is 0 Å². The molecule has 1 aliphatic rings. The summed E-state index contributed by atoms with van der Waals surface area (Å²) in [7, 11) is 0. The monoisotopic (exact) mass is 257 g/mol. The Hall–Kier alpha value is -1.04. The van der Waals surface area contributed by atoms with E-state index in [4.69, 9.17) is 5.11 Å². The second-order valence-corrected chi connectivity index (χ2v) is 4.79. The van der Waals surface area contributed by atoms with Crippen LogP contribution < -0.4 is 5.32 Å². The lowest BCUT2D eigenvalue weighted by atomic mass is 10.1. The normalized spacial score (nSPS) is 27.7. The third kappa shape index (κ3) is 3.04. The van der Waals surface area contributed by atoms with Crippen molar-refractivity contribution in [3.8, 4) is 0 Å². The second kappa shape index (κ2) is 5.73. The molecular weight excluding hydrogens is 240 g/mol. The Kier molecular flexibility index (Phi) is 4.27. The summed E-state index contributed by atoms with van der Waals surface area (Å²) in [5.74, 6) is -1.27. The first kappa shape index (κ1) is 13.4. The van der Waals surface area contributed by atoms with Crippen molar-refractivity contribution < 1.29 is 19.0 Å². The van der Waals surface area contributed by atoms with E-state index in [1.807, 2.05) is 0 Å². The molecule has 1 aromatic carbocycles. The molecule has 100 valence electrons. The molecule has 1 aromatic rings. The molecule has 1 fully saturated rings. The summed E-state index contributed by atoms with van der Waals surface area (Å²) in [6, 6.07) is 3.55. The third-order valence-corrected chi connectivity index (χ3v) is 3.49. The number of hydrogen-bond acceptors (Lipinski definition) is 3. The first-order valence-corrected chi connectivity index (χ1v) is 6.06. The van der Waals surface area contributed by atoms with E-state index in [1.165, 1.54) is 12.1 Å². The van der Waals surface area contributed by atoms with Gasteiger partial charge in [0.25, 0.3) is 0 Å². The molecule has 2 rings (SSSR count). The number of nitrogens with one attached hydrogen (secondary N) is 1. The van der Waals surface area contributed by atoms with Gasteiger partial charge in [0.15, 0.2) is 0 Å². The lowest BCUT2D eigenvalue weighted by molar-refractivity contribution is 0.0907. The molecule has 0 unspecified atom stereocenters. The number of rotatable bonds is 4. The topological polar surface area (TPSA) is 52.5 Å². The van der Waals surface area contributed by atoms with E-state index >= 15 is 0 Å². The van der Waals surface area contributed by atoms with Gasteiger partial charge in [0.2, 0.25) is 0 Å². The smallest absolute Gasteiger partial charge is 0.130 e. The van der Waals surface area contributed by atoms with Crippen molar-refractivity contribution >= 4 is 0 Å². The summed E-state index contributed by atoms with van der Waals surface area (Å²) >= 11 is 0. The molecule has 1 aliphatic carbocycles. The fourth-order valence-corrected chi connectivity index (χ4v) is 2.38. The third-order valence-electron chi connectivity index (χ3n) is 3.49. The molecule has 0 saturated heterocycles. The molecule has 0 radical (unpaired) electrons. The molecule has 3 atom stereocenters. The van der Waals surface area contributed by atoms with Crippen LogP contribution in [0.2, 0.25) is 0 Å². The van der Waals surface area contributed by atoms with Crippen molar-refractivity contribution in [3.63, 3.8) is 0 Å². The van der Waals surface area contributed by atoms with Crippen LogP contribution in [0, 0.1) is 17.6 Å². The van der Waals surface area contributed by atoms with E-state index in [1.54, 1.807) is 0 Å². The first-order chi connectivity index (χ1) is 8.60. The van der Waals surface area contributed by atoms with Crippen molar-refractivity contribution in [1.29, 1.82) is 0 Å². The summed E-state index contributed by atoms with van der Waals surface area (Å²) in [6.07, 6.45) is 0.708. The maximum Gasteiger partial charge on any atom is 0.130 e. The van der Waals surface area contributed by atoms with Crippen LogP contribution in [0.3, 0.4) is 0 Å². The van der Waals surface area contributed by atoms with Crippen LogP contribution in [-0.4, -0.2) is 29.0 Å². The van der Waals surface area contributed by atoms with Gasteiger partial charge in [-0.2, -0.15) is 0 Å². The van der Waals surface area contributed by atoms with E-state index in [2.05, 4.69) is 5.32 Å². The molecule has 0 bridgehead atoms. The fraction of sp³-hybridized carbons (Fsp3) is 0.538. The molecule has 0 aliphatic heterocycles. The number of hydrogen-bond donors (Lipinski definition) is 3. The molecule has 0 spiro atoms. The van der Waals surface area contributed by atoms with Crippen molar-refractivity contribution in [2.45, 2.75) is 31.5 Å². The standard InChI is InChI=1S/C13H17F2NO2/c14-10-2-1-8(12(15)4-10)6-16-11-3-9(7-17)13(18)5-11/h1-2,4,9,11,13,16-18H,3,5-7H2/t9-,11+,13+/m0/s1. The first-order valence-electron chi connectivity index (χ1n) is 6.06. The van der Waals surface area contributed by atoms with Crippen LogP contribution in [0.15, 0.2) is 18.2 Å². The summed E-state index contributed by atoms with van der Waals surface area (Å²) in [4.78, 5) is 0. The Morgan fingerprint density at radius 1 is 1.28 bits per heavy atom. The lowest BCUT2D eigenvalue weighted by Crippen LogP contribution is -2.27. The Morgan fingerprint density at radius 3 is 2.67 bits per heavy atom. The van der Waals surface area contributed by atoms with Crippen molar-refractivity contribution in [1.82, 2.24) is 5.32 Å². The van der Waals surface area contributed by atoms with Crippen LogP contribution in [-0.2, 0) is 6.54 Å². The molecule has 0 aromatic heterocycles. The summed E-state index contributed by atoms with van der Waals surface area (Å²) in [6.45, 7) is 0.256.